The molecule has 1 heterocycles. The van der Waals surface area contributed by atoms with Crippen molar-refractivity contribution in [1.82, 2.24) is 10.1 Å². The summed E-state index contributed by atoms with van der Waals surface area (Å²) in [5.74, 6) is 2.87. The van der Waals surface area contributed by atoms with Crippen molar-refractivity contribution in [3.8, 4) is 0 Å². The van der Waals surface area contributed by atoms with Crippen LogP contribution in [0.1, 0.15) is 64.1 Å². The number of aromatic nitrogens is 2. The van der Waals surface area contributed by atoms with Crippen LogP contribution in [-0.4, -0.2) is 20.9 Å². The fourth-order valence-electron chi connectivity index (χ4n) is 2.14. The molecule has 0 atom stereocenters. The first-order valence-electron chi connectivity index (χ1n) is 6.66. The molecule has 5 heteroatoms. The molecule has 2 rings (SSSR count). The average molecular weight is 269 g/mol. The van der Waals surface area contributed by atoms with Crippen LogP contribution in [0, 0.1) is 0 Å². The lowest BCUT2D eigenvalue weighted by atomic mass is 9.86. The molecule has 0 aromatic carbocycles. The molecular weight excluding hydrogens is 246 g/mol. The van der Waals surface area contributed by atoms with Crippen molar-refractivity contribution in [2.24, 2.45) is 5.73 Å². The van der Waals surface area contributed by atoms with Gasteiger partial charge in [-0.2, -0.15) is 4.98 Å². The molecule has 1 aromatic rings. The Morgan fingerprint density at radius 2 is 1.94 bits per heavy atom. The Hall–Kier alpha value is -0.550. The third-order valence-corrected chi connectivity index (χ3v) is 4.51. The minimum Gasteiger partial charge on any atom is -0.339 e. The van der Waals surface area contributed by atoms with Crippen LogP contribution < -0.4 is 5.73 Å². The first kappa shape index (κ1) is 13.9. The Balaban J connectivity index is 1.90. The summed E-state index contributed by atoms with van der Waals surface area (Å²) < 4.78 is 5.62. The summed E-state index contributed by atoms with van der Waals surface area (Å²) in [6, 6.07) is 0.361. The molecule has 0 spiro atoms. The van der Waals surface area contributed by atoms with Gasteiger partial charge < -0.3 is 10.3 Å². The second kappa shape index (κ2) is 5.61. The molecule has 0 saturated heterocycles. The Bertz CT molecular complexity index is 378. The van der Waals surface area contributed by atoms with E-state index in [-0.39, 0.29) is 4.75 Å². The van der Waals surface area contributed by atoms with E-state index in [9.17, 15) is 0 Å². The molecule has 102 valence electrons. The number of thioether (sulfide) groups is 1. The van der Waals surface area contributed by atoms with Crippen molar-refractivity contribution < 1.29 is 4.52 Å². The standard InChI is InChI=1S/C13H23N3OS/c1-13(2,3)18-8-11-15-12(17-16-11)9-4-6-10(14)7-5-9/h9-10H,4-8,14H2,1-3H3. The monoisotopic (exact) mass is 269 g/mol. The molecule has 18 heavy (non-hydrogen) atoms. The van der Waals surface area contributed by atoms with Crippen LogP contribution in [0.4, 0.5) is 0 Å². The fourth-order valence-corrected chi connectivity index (χ4v) is 2.82. The molecule has 0 unspecified atom stereocenters. The smallest absolute Gasteiger partial charge is 0.229 e. The van der Waals surface area contributed by atoms with Gasteiger partial charge in [-0.3, -0.25) is 0 Å². The lowest BCUT2D eigenvalue weighted by molar-refractivity contribution is 0.300. The predicted molar refractivity (Wildman–Crippen MR) is 74.5 cm³/mol. The summed E-state index contributed by atoms with van der Waals surface area (Å²) in [7, 11) is 0. The SMILES string of the molecule is CC(C)(C)SCc1noc(C2CCC(N)CC2)n1. The third kappa shape index (κ3) is 3.99. The summed E-state index contributed by atoms with van der Waals surface area (Å²) >= 11 is 1.84. The molecule has 4 nitrogen and oxygen atoms in total. The van der Waals surface area contributed by atoms with Crippen LogP contribution in [0.15, 0.2) is 4.52 Å². The number of nitrogens with zero attached hydrogens (tertiary/aromatic N) is 2. The van der Waals surface area contributed by atoms with Crippen LogP contribution >= 0.6 is 11.8 Å². The predicted octanol–water partition coefficient (Wildman–Crippen LogP) is 3.09. The molecule has 1 saturated carbocycles. The maximum absolute atomic E-state index is 5.91. The van der Waals surface area contributed by atoms with E-state index < -0.39 is 0 Å². The summed E-state index contributed by atoms with van der Waals surface area (Å²) in [4.78, 5) is 4.52. The quantitative estimate of drug-likeness (QED) is 0.913. The van der Waals surface area contributed by atoms with Gasteiger partial charge >= 0.3 is 0 Å². The topological polar surface area (TPSA) is 64.9 Å². The summed E-state index contributed by atoms with van der Waals surface area (Å²) in [5.41, 5.74) is 5.91. The molecule has 1 aromatic heterocycles. The van der Waals surface area contributed by atoms with Gasteiger partial charge in [-0.1, -0.05) is 25.9 Å². The van der Waals surface area contributed by atoms with E-state index in [1.54, 1.807) is 0 Å². The van der Waals surface area contributed by atoms with Gasteiger partial charge in [-0.05, 0) is 25.7 Å². The third-order valence-electron chi connectivity index (χ3n) is 3.24. The number of rotatable bonds is 3. The lowest BCUT2D eigenvalue weighted by Crippen LogP contribution is -2.25. The van der Waals surface area contributed by atoms with Crippen molar-refractivity contribution in [3.05, 3.63) is 11.7 Å². The largest absolute Gasteiger partial charge is 0.339 e. The van der Waals surface area contributed by atoms with E-state index in [2.05, 4.69) is 30.9 Å². The maximum Gasteiger partial charge on any atom is 0.229 e. The minimum absolute atomic E-state index is 0.235. The van der Waals surface area contributed by atoms with Gasteiger partial charge in [0.25, 0.3) is 0 Å². The van der Waals surface area contributed by atoms with Crippen molar-refractivity contribution >= 4 is 11.8 Å². The molecule has 0 amide bonds. The van der Waals surface area contributed by atoms with Gasteiger partial charge in [0.1, 0.15) is 0 Å². The highest BCUT2D eigenvalue weighted by atomic mass is 32.2. The van der Waals surface area contributed by atoms with Crippen molar-refractivity contribution in [2.75, 3.05) is 0 Å². The molecule has 1 aliphatic carbocycles. The van der Waals surface area contributed by atoms with E-state index in [0.29, 0.717) is 12.0 Å². The highest BCUT2D eigenvalue weighted by Gasteiger charge is 2.25. The Morgan fingerprint density at radius 1 is 1.28 bits per heavy atom. The van der Waals surface area contributed by atoms with E-state index in [1.807, 2.05) is 11.8 Å². The van der Waals surface area contributed by atoms with Gasteiger partial charge in [0.2, 0.25) is 5.89 Å². The molecule has 0 aliphatic heterocycles. The zero-order valence-corrected chi connectivity index (χ0v) is 12.3. The van der Waals surface area contributed by atoms with Gasteiger partial charge in [-0.25, -0.2) is 0 Å². The van der Waals surface area contributed by atoms with Crippen molar-refractivity contribution in [2.45, 2.75) is 68.9 Å². The molecular formula is C13H23N3OS. The fraction of sp³-hybridized carbons (Fsp3) is 0.846. The number of hydrogen-bond acceptors (Lipinski definition) is 5. The lowest BCUT2D eigenvalue weighted by Gasteiger charge is -2.22. The average Bonchev–Trinajstić information content (AvgIpc) is 2.75. The van der Waals surface area contributed by atoms with Crippen molar-refractivity contribution in [1.29, 1.82) is 0 Å². The van der Waals surface area contributed by atoms with Gasteiger partial charge in [0, 0.05) is 16.7 Å². The molecule has 0 bridgehead atoms. The van der Waals surface area contributed by atoms with Crippen LogP contribution in [0.3, 0.4) is 0 Å². The first-order valence-corrected chi connectivity index (χ1v) is 7.64. The van der Waals surface area contributed by atoms with E-state index in [4.69, 9.17) is 10.3 Å². The van der Waals surface area contributed by atoms with Crippen LogP contribution in [0.25, 0.3) is 0 Å². The zero-order valence-electron chi connectivity index (χ0n) is 11.5. The summed E-state index contributed by atoms with van der Waals surface area (Å²) in [6.45, 7) is 6.59. The van der Waals surface area contributed by atoms with E-state index >= 15 is 0 Å². The molecule has 1 aliphatic rings. The van der Waals surface area contributed by atoms with E-state index in [1.165, 1.54) is 0 Å². The Labute approximate surface area is 113 Å². The van der Waals surface area contributed by atoms with Crippen molar-refractivity contribution in [3.63, 3.8) is 0 Å². The highest BCUT2D eigenvalue weighted by molar-refractivity contribution is 7.99. The van der Waals surface area contributed by atoms with Gasteiger partial charge in [-0.15, -0.1) is 11.8 Å². The van der Waals surface area contributed by atoms with Gasteiger partial charge in [0.05, 0.1) is 5.75 Å². The number of nitrogens with two attached hydrogens (primary N) is 1. The minimum atomic E-state index is 0.235. The van der Waals surface area contributed by atoms with E-state index in [0.717, 1.165) is 43.2 Å². The van der Waals surface area contributed by atoms with Crippen LogP contribution in [0.5, 0.6) is 0 Å². The van der Waals surface area contributed by atoms with Crippen LogP contribution in [0.2, 0.25) is 0 Å². The number of hydrogen-bond donors (Lipinski definition) is 1. The zero-order chi connectivity index (χ0) is 13.2. The van der Waals surface area contributed by atoms with Gasteiger partial charge in [0.15, 0.2) is 5.82 Å². The Morgan fingerprint density at radius 3 is 2.56 bits per heavy atom. The Kier molecular flexibility index (Phi) is 4.33. The summed E-state index contributed by atoms with van der Waals surface area (Å²) in [5, 5.41) is 4.08. The molecule has 2 N–H and O–H groups in total. The highest BCUT2D eigenvalue weighted by Crippen LogP contribution is 2.32. The molecule has 1 fully saturated rings. The maximum atomic E-state index is 5.91. The molecule has 0 radical (unpaired) electrons. The first-order chi connectivity index (χ1) is 8.44. The normalized spacial score (nSPS) is 25.3. The second-order valence-corrected chi connectivity index (χ2v) is 7.86. The van der Waals surface area contributed by atoms with Crippen LogP contribution in [-0.2, 0) is 5.75 Å². The second-order valence-electron chi connectivity index (χ2n) is 6.06. The summed E-state index contributed by atoms with van der Waals surface area (Å²) in [6.07, 6.45) is 4.29.